The first-order valence-corrected chi connectivity index (χ1v) is 8.87. The molecule has 4 rings (SSSR count). The van der Waals surface area contributed by atoms with E-state index in [0.29, 0.717) is 43.8 Å². The van der Waals surface area contributed by atoms with Gasteiger partial charge in [-0.1, -0.05) is 46.4 Å². The van der Waals surface area contributed by atoms with Gasteiger partial charge in [-0.15, -0.1) is 5.10 Å². The molecule has 0 fully saturated rings. The fourth-order valence-corrected chi connectivity index (χ4v) is 3.31. The van der Waals surface area contributed by atoms with Crippen molar-refractivity contribution in [3.05, 3.63) is 56.0 Å². The van der Waals surface area contributed by atoms with E-state index in [0.717, 1.165) is 16.6 Å². The van der Waals surface area contributed by atoms with E-state index in [9.17, 15) is 0 Å². The van der Waals surface area contributed by atoms with Crippen molar-refractivity contribution >= 4 is 63.1 Å². The van der Waals surface area contributed by atoms with Crippen molar-refractivity contribution in [3.63, 3.8) is 0 Å². The van der Waals surface area contributed by atoms with Crippen LogP contribution in [0.15, 0.2) is 34.7 Å². The van der Waals surface area contributed by atoms with Gasteiger partial charge < -0.3 is 9.73 Å². The Hall–Kier alpha value is -1.99. The molecule has 0 atom stereocenters. The molecule has 2 N–H and O–H groups in total. The Kier molecular flexibility index (Phi) is 4.67. The third-order valence-corrected chi connectivity index (χ3v) is 5.28. The van der Waals surface area contributed by atoms with Crippen LogP contribution in [-0.2, 0) is 6.54 Å². The smallest absolute Gasteiger partial charge is 0.215 e. The molecule has 2 heterocycles. The van der Waals surface area contributed by atoms with Crippen LogP contribution in [0.2, 0.25) is 20.1 Å². The van der Waals surface area contributed by atoms with Gasteiger partial charge in [-0.2, -0.15) is 0 Å². The van der Waals surface area contributed by atoms with Gasteiger partial charge in [-0.05, 0) is 46.3 Å². The van der Waals surface area contributed by atoms with Gasteiger partial charge in [-0.25, -0.2) is 5.10 Å². The second kappa shape index (κ2) is 6.96. The minimum Gasteiger partial charge on any atom is -0.453 e. The third-order valence-electron chi connectivity index (χ3n) is 3.73. The molecule has 6 nitrogen and oxygen atoms in total. The standard InChI is InChI=1S/C16H9Cl4N5O/c17-10-1-7-2-14(16-22-24-25-23-16)26-13(7)3-8(10)6-21-9-4-11(18)15(20)12(19)5-9/h1-5,21H,6H2,(H,22,23,24,25). The molecular weight excluding hydrogens is 420 g/mol. The Morgan fingerprint density at radius 2 is 1.73 bits per heavy atom. The molecule has 4 aromatic rings. The fraction of sp³-hybridized carbons (Fsp3) is 0.0625. The highest BCUT2D eigenvalue weighted by atomic mass is 35.5. The van der Waals surface area contributed by atoms with Crippen molar-refractivity contribution in [3.8, 4) is 11.6 Å². The van der Waals surface area contributed by atoms with Crippen molar-refractivity contribution in [2.24, 2.45) is 0 Å². The summed E-state index contributed by atoms with van der Waals surface area (Å²) in [5, 5.41) is 19.3. The summed E-state index contributed by atoms with van der Waals surface area (Å²) in [5.41, 5.74) is 2.25. The van der Waals surface area contributed by atoms with E-state index in [1.54, 1.807) is 12.1 Å². The SMILES string of the molecule is Clc1cc2cc(-c3nnn[nH]3)oc2cc1CNc1cc(Cl)c(Cl)c(Cl)c1. The number of aromatic nitrogens is 4. The summed E-state index contributed by atoms with van der Waals surface area (Å²) in [5.74, 6) is 0.977. The lowest BCUT2D eigenvalue weighted by Crippen LogP contribution is -2.00. The highest BCUT2D eigenvalue weighted by Crippen LogP contribution is 2.34. The van der Waals surface area contributed by atoms with E-state index in [4.69, 9.17) is 50.8 Å². The maximum Gasteiger partial charge on any atom is 0.215 e. The second-order valence-corrected chi connectivity index (χ2v) is 7.05. The van der Waals surface area contributed by atoms with Crippen LogP contribution < -0.4 is 5.32 Å². The van der Waals surface area contributed by atoms with Gasteiger partial charge in [0, 0.05) is 22.6 Å². The van der Waals surface area contributed by atoms with Crippen molar-refractivity contribution in [2.75, 3.05) is 5.32 Å². The number of benzene rings is 2. The molecule has 0 aliphatic rings. The van der Waals surface area contributed by atoms with Gasteiger partial charge in [-0.3, -0.25) is 0 Å². The Labute approximate surface area is 167 Å². The molecule has 0 spiro atoms. The van der Waals surface area contributed by atoms with Crippen LogP contribution in [0.3, 0.4) is 0 Å². The summed E-state index contributed by atoms with van der Waals surface area (Å²) in [6.45, 7) is 0.447. The van der Waals surface area contributed by atoms with Crippen LogP contribution in [0.4, 0.5) is 5.69 Å². The topological polar surface area (TPSA) is 79.6 Å². The van der Waals surface area contributed by atoms with Crippen LogP contribution in [0.1, 0.15) is 5.56 Å². The van der Waals surface area contributed by atoms with Gasteiger partial charge in [0.15, 0.2) is 5.76 Å². The first-order valence-electron chi connectivity index (χ1n) is 7.36. The maximum absolute atomic E-state index is 6.39. The number of rotatable bonds is 4. The zero-order valence-electron chi connectivity index (χ0n) is 12.9. The Morgan fingerprint density at radius 1 is 0.962 bits per heavy atom. The lowest BCUT2D eigenvalue weighted by atomic mass is 10.1. The summed E-state index contributed by atoms with van der Waals surface area (Å²) in [6, 6.07) is 8.90. The molecular formula is C16H9Cl4N5O. The largest absolute Gasteiger partial charge is 0.453 e. The Bertz CT molecular complexity index is 1070. The number of fused-ring (bicyclic) bond motifs is 1. The number of nitrogens with zero attached hydrogens (tertiary/aromatic N) is 3. The lowest BCUT2D eigenvalue weighted by molar-refractivity contribution is 0.625. The molecule has 2 aromatic carbocycles. The van der Waals surface area contributed by atoms with Crippen molar-refractivity contribution < 1.29 is 4.42 Å². The number of halogens is 4. The van der Waals surface area contributed by atoms with Gasteiger partial charge in [0.2, 0.25) is 5.82 Å². The van der Waals surface area contributed by atoms with E-state index in [-0.39, 0.29) is 0 Å². The first kappa shape index (κ1) is 17.4. The molecule has 0 saturated carbocycles. The van der Waals surface area contributed by atoms with E-state index in [2.05, 4.69) is 25.9 Å². The summed E-state index contributed by atoms with van der Waals surface area (Å²) < 4.78 is 5.79. The highest BCUT2D eigenvalue weighted by Gasteiger charge is 2.13. The van der Waals surface area contributed by atoms with Gasteiger partial charge in [0.05, 0.1) is 15.1 Å². The van der Waals surface area contributed by atoms with Crippen molar-refractivity contribution in [1.82, 2.24) is 20.6 Å². The molecule has 0 unspecified atom stereocenters. The van der Waals surface area contributed by atoms with Crippen LogP contribution >= 0.6 is 46.4 Å². The van der Waals surface area contributed by atoms with Crippen LogP contribution in [0.25, 0.3) is 22.6 Å². The number of tetrazole rings is 1. The highest BCUT2D eigenvalue weighted by molar-refractivity contribution is 6.48. The second-order valence-electron chi connectivity index (χ2n) is 5.45. The average molecular weight is 429 g/mol. The van der Waals surface area contributed by atoms with Crippen molar-refractivity contribution in [2.45, 2.75) is 6.54 Å². The number of nitrogens with one attached hydrogen (secondary N) is 2. The van der Waals surface area contributed by atoms with E-state index in [1.807, 2.05) is 18.2 Å². The molecule has 0 aliphatic heterocycles. The summed E-state index contributed by atoms with van der Waals surface area (Å²) in [4.78, 5) is 0. The number of hydrogen-bond acceptors (Lipinski definition) is 5. The van der Waals surface area contributed by atoms with Crippen LogP contribution in [0.5, 0.6) is 0 Å². The first-order chi connectivity index (χ1) is 12.5. The summed E-state index contributed by atoms with van der Waals surface area (Å²) in [6.07, 6.45) is 0. The van der Waals surface area contributed by atoms with Gasteiger partial charge >= 0.3 is 0 Å². The molecule has 0 saturated heterocycles. The predicted molar refractivity (Wildman–Crippen MR) is 103 cm³/mol. The van der Waals surface area contributed by atoms with Crippen molar-refractivity contribution in [1.29, 1.82) is 0 Å². The van der Waals surface area contributed by atoms with Crippen LogP contribution in [0, 0.1) is 0 Å². The van der Waals surface area contributed by atoms with Gasteiger partial charge in [0.25, 0.3) is 0 Å². The van der Waals surface area contributed by atoms with Gasteiger partial charge in [0.1, 0.15) is 5.58 Å². The average Bonchev–Trinajstić information content (AvgIpc) is 3.26. The number of anilines is 1. The Morgan fingerprint density at radius 3 is 2.42 bits per heavy atom. The quantitative estimate of drug-likeness (QED) is 0.399. The monoisotopic (exact) mass is 427 g/mol. The summed E-state index contributed by atoms with van der Waals surface area (Å²) >= 11 is 24.4. The molecule has 0 aliphatic carbocycles. The Balaban J connectivity index is 1.61. The minimum absolute atomic E-state index is 0.323. The zero-order chi connectivity index (χ0) is 18.3. The fourth-order valence-electron chi connectivity index (χ4n) is 2.47. The van der Waals surface area contributed by atoms with E-state index in [1.165, 1.54) is 0 Å². The third kappa shape index (κ3) is 3.33. The maximum atomic E-state index is 6.39. The molecule has 132 valence electrons. The molecule has 26 heavy (non-hydrogen) atoms. The molecule has 0 bridgehead atoms. The molecule has 10 heteroatoms. The minimum atomic E-state index is 0.323. The summed E-state index contributed by atoms with van der Waals surface area (Å²) in [7, 11) is 0. The lowest BCUT2D eigenvalue weighted by Gasteiger charge is -2.10. The zero-order valence-corrected chi connectivity index (χ0v) is 15.9. The molecule has 2 aromatic heterocycles. The molecule has 0 radical (unpaired) electrons. The molecule has 0 amide bonds. The number of H-pyrrole nitrogens is 1. The normalized spacial score (nSPS) is 11.2. The van der Waals surface area contributed by atoms with E-state index >= 15 is 0 Å². The number of aromatic amines is 1. The predicted octanol–water partition coefficient (Wildman–Crippen LogP) is 5.84. The number of hydrogen-bond donors (Lipinski definition) is 2. The van der Waals surface area contributed by atoms with E-state index < -0.39 is 0 Å². The number of furan rings is 1. The van der Waals surface area contributed by atoms with Crippen LogP contribution in [-0.4, -0.2) is 20.6 Å².